The second-order valence-electron chi connectivity index (χ2n) is 4.32. The predicted molar refractivity (Wildman–Crippen MR) is 78.5 cm³/mol. The molecular formula is C15H17BrN2. The van der Waals surface area contributed by atoms with Crippen molar-refractivity contribution in [2.24, 2.45) is 0 Å². The van der Waals surface area contributed by atoms with E-state index in [-0.39, 0.29) is 0 Å². The van der Waals surface area contributed by atoms with Crippen LogP contribution in [0.2, 0.25) is 0 Å². The standard InChI is InChI=1S/C15H17BrN2/c1-12-4-2-3-5-13(12)8-9-17-11-15-7-6-14(16)10-18-15/h2-7,10,17H,8-9,11H2,1H3. The van der Waals surface area contributed by atoms with Gasteiger partial charge in [-0.15, -0.1) is 0 Å². The van der Waals surface area contributed by atoms with Crippen LogP contribution in [0.5, 0.6) is 0 Å². The Labute approximate surface area is 117 Å². The number of nitrogens with one attached hydrogen (secondary N) is 1. The van der Waals surface area contributed by atoms with E-state index in [1.807, 2.05) is 18.3 Å². The van der Waals surface area contributed by atoms with Crippen LogP contribution in [0.25, 0.3) is 0 Å². The number of halogens is 1. The molecule has 1 aromatic carbocycles. The average Bonchev–Trinajstić information content (AvgIpc) is 2.39. The average molecular weight is 305 g/mol. The van der Waals surface area contributed by atoms with Gasteiger partial charge in [0.15, 0.2) is 0 Å². The molecule has 0 aliphatic heterocycles. The first-order chi connectivity index (χ1) is 8.75. The van der Waals surface area contributed by atoms with Crippen LogP contribution in [-0.2, 0) is 13.0 Å². The third kappa shape index (κ3) is 3.93. The normalized spacial score (nSPS) is 10.6. The van der Waals surface area contributed by atoms with Crippen LogP contribution in [0.1, 0.15) is 16.8 Å². The van der Waals surface area contributed by atoms with Crippen LogP contribution in [0.15, 0.2) is 47.1 Å². The van der Waals surface area contributed by atoms with Gasteiger partial charge in [-0.05, 0) is 59.1 Å². The molecule has 0 aliphatic carbocycles. The summed E-state index contributed by atoms with van der Waals surface area (Å²) < 4.78 is 1.02. The zero-order valence-electron chi connectivity index (χ0n) is 10.5. The first-order valence-corrected chi connectivity index (χ1v) is 6.90. The van der Waals surface area contributed by atoms with Crippen LogP contribution in [0.3, 0.4) is 0 Å². The van der Waals surface area contributed by atoms with Crippen LogP contribution in [-0.4, -0.2) is 11.5 Å². The first-order valence-electron chi connectivity index (χ1n) is 6.11. The molecule has 0 bridgehead atoms. The van der Waals surface area contributed by atoms with E-state index in [1.54, 1.807) is 0 Å². The quantitative estimate of drug-likeness (QED) is 0.855. The predicted octanol–water partition coefficient (Wildman–Crippen LogP) is 3.48. The lowest BCUT2D eigenvalue weighted by atomic mass is 10.1. The van der Waals surface area contributed by atoms with Gasteiger partial charge in [-0.2, -0.15) is 0 Å². The summed E-state index contributed by atoms with van der Waals surface area (Å²) in [6.07, 6.45) is 2.89. The van der Waals surface area contributed by atoms with Crippen molar-refractivity contribution in [2.75, 3.05) is 6.54 Å². The Morgan fingerprint density at radius 1 is 1.17 bits per heavy atom. The van der Waals surface area contributed by atoms with E-state index in [1.165, 1.54) is 11.1 Å². The number of nitrogens with zero attached hydrogens (tertiary/aromatic N) is 1. The summed E-state index contributed by atoms with van der Waals surface area (Å²) in [5, 5.41) is 3.42. The minimum absolute atomic E-state index is 0.819. The molecule has 0 saturated carbocycles. The lowest BCUT2D eigenvalue weighted by Gasteiger charge is -2.07. The maximum atomic E-state index is 4.33. The summed E-state index contributed by atoms with van der Waals surface area (Å²) in [6, 6.07) is 12.6. The highest BCUT2D eigenvalue weighted by Gasteiger charge is 1.97. The molecule has 1 heterocycles. The summed E-state index contributed by atoms with van der Waals surface area (Å²) in [5.74, 6) is 0. The molecule has 94 valence electrons. The highest BCUT2D eigenvalue weighted by atomic mass is 79.9. The van der Waals surface area contributed by atoms with Gasteiger partial charge in [0.1, 0.15) is 0 Å². The maximum Gasteiger partial charge on any atom is 0.0542 e. The van der Waals surface area contributed by atoms with Gasteiger partial charge in [0, 0.05) is 17.2 Å². The Balaban J connectivity index is 1.76. The van der Waals surface area contributed by atoms with Crippen molar-refractivity contribution in [2.45, 2.75) is 19.9 Å². The Hall–Kier alpha value is -1.19. The summed E-state index contributed by atoms with van der Waals surface area (Å²) in [6.45, 7) is 3.95. The van der Waals surface area contributed by atoms with Gasteiger partial charge in [-0.25, -0.2) is 0 Å². The number of hydrogen-bond acceptors (Lipinski definition) is 2. The monoisotopic (exact) mass is 304 g/mol. The molecule has 0 unspecified atom stereocenters. The Bertz CT molecular complexity index is 494. The van der Waals surface area contributed by atoms with E-state index in [9.17, 15) is 0 Å². The molecule has 0 spiro atoms. The third-order valence-corrected chi connectivity index (χ3v) is 3.40. The first kappa shape index (κ1) is 13.2. The Morgan fingerprint density at radius 3 is 2.72 bits per heavy atom. The molecular weight excluding hydrogens is 288 g/mol. The minimum Gasteiger partial charge on any atom is -0.311 e. The van der Waals surface area contributed by atoms with Gasteiger partial charge in [0.05, 0.1) is 5.69 Å². The van der Waals surface area contributed by atoms with Gasteiger partial charge < -0.3 is 5.32 Å². The molecule has 0 atom stereocenters. The lowest BCUT2D eigenvalue weighted by molar-refractivity contribution is 0.673. The zero-order chi connectivity index (χ0) is 12.8. The molecule has 1 N–H and O–H groups in total. The van der Waals surface area contributed by atoms with Crippen molar-refractivity contribution in [3.63, 3.8) is 0 Å². The number of aryl methyl sites for hydroxylation is 1. The van der Waals surface area contributed by atoms with Gasteiger partial charge >= 0.3 is 0 Å². The van der Waals surface area contributed by atoms with E-state index in [4.69, 9.17) is 0 Å². The summed E-state index contributed by atoms with van der Waals surface area (Å²) in [5.41, 5.74) is 3.85. The van der Waals surface area contributed by atoms with E-state index in [0.29, 0.717) is 0 Å². The van der Waals surface area contributed by atoms with E-state index in [0.717, 1.165) is 29.7 Å². The van der Waals surface area contributed by atoms with Crippen LogP contribution < -0.4 is 5.32 Å². The summed E-state index contributed by atoms with van der Waals surface area (Å²) in [7, 11) is 0. The van der Waals surface area contributed by atoms with Crippen molar-refractivity contribution >= 4 is 15.9 Å². The van der Waals surface area contributed by atoms with Crippen LogP contribution in [0.4, 0.5) is 0 Å². The highest BCUT2D eigenvalue weighted by molar-refractivity contribution is 9.10. The zero-order valence-corrected chi connectivity index (χ0v) is 12.1. The Morgan fingerprint density at radius 2 is 2.00 bits per heavy atom. The minimum atomic E-state index is 0.819. The smallest absolute Gasteiger partial charge is 0.0542 e. The molecule has 0 radical (unpaired) electrons. The van der Waals surface area contributed by atoms with Crippen molar-refractivity contribution in [1.82, 2.24) is 10.3 Å². The number of aromatic nitrogens is 1. The van der Waals surface area contributed by atoms with Crippen molar-refractivity contribution in [3.05, 3.63) is 63.9 Å². The molecule has 3 heteroatoms. The molecule has 0 saturated heterocycles. The van der Waals surface area contributed by atoms with E-state index >= 15 is 0 Å². The second kappa shape index (κ2) is 6.66. The maximum absolute atomic E-state index is 4.33. The fourth-order valence-electron chi connectivity index (χ4n) is 1.84. The SMILES string of the molecule is Cc1ccccc1CCNCc1ccc(Br)cn1. The van der Waals surface area contributed by atoms with E-state index in [2.05, 4.69) is 57.4 Å². The third-order valence-electron chi connectivity index (χ3n) is 2.93. The number of rotatable bonds is 5. The molecule has 2 aromatic rings. The molecule has 2 rings (SSSR count). The molecule has 1 aromatic heterocycles. The van der Waals surface area contributed by atoms with Gasteiger partial charge in [-0.1, -0.05) is 24.3 Å². The lowest BCUT2D eigenvalue weighted by Crippen LogP contribution is -2.17. The van der Waals surface area contributed by atoms with Gasteiger partial charge in [0.25, 0.3) is 0 Å². The summed E-state index contributed by atoms with van der Waals surface area (Å²) >= 11 is 3.38. The topological polar surface area (TPSA) is 24.9 Å². The molecule has 18 heavy (non-hydrogen) atoms. The highest BCUT2D eigenvalue weighted by Crippen LogP contribution is 2.08. The fourth-order valence-corrected chi connectivity index (χ4v) is 2.08. The van der Waals surface area contributed by atoms with Gasteiger partial charge in [-0.3, -0.25) is 4.98 Å². The number of benzene rings is 1. The number of pyridine rings is 1. The van der Waals surface area contributed by atoms with Crippen molar-refractivity contribution in [3.8, 4) is 0 Å². The Kier molecular flexibility index (Phi) is 4.90. The number of hydrogen-bond donors (Lipinski definition) is 1. The second-order valence-corrected chi connectivity index (χ2v) is 5.24. The van der Waals surface area contributed by atoms with Crippen LogP contribution in [0, 0.1) is 6.92 Å². The summed E-state index contributed by atoms with van der Waals surface area (Å²) in [4.78, 5) is 4.33. The van der Waals surface area contributed by atoms with Crippen LogP contribution >= 0.6 is 15.9 Å². The van der Waals surface area contributed by atoms with Gasteiger partial charge in [0.2, 0.25) is 0 Å². The molecule has 0 aliphatic rings. The van der Waals surface area contributed by atoms with E-state index < -0.39 is 0 Å². The fraction of sp³-hybridized carbons (Fsp3) is 0.267. The molecule has 2 nitrogen and oxygen atoms in total. The molecule has 0 fully saturated rings. The van der Waals surface area contributed by atoms with Crippen molar-refractivity contribution in [1.29, 1.82) is 0 Å². The van der Waals surface area contributed by atoms with Crippen molar-refractivity contribution < 1.29 is 0 Å². The molecule has 0 amide bonds. The largest absolute Gasteiger partial charge is 0.311 e.